The van der Waals surface area contributed by atoms with Crippen molar-refractivity contribution in [2.24, 2.45) is 0 Å². The number of halogens is 2. The van der Waals surface area contributed by atoms with Gasteiger partial charge in [0.05, 0.1) is 4.34 Å². The lowest BCUT2D eigenvalue weighted by atomic mass is 10.2. The number of amides is 1. The van der Waals surface area contributed by atoms with Crippen molar-refractivity contribution >= 4 is 50.5 Å². The molecule has 0 saturated carbocycles. The zero-order chi connectivity index (χ0) is 19.6. The zero-order valence-electron chi connectivity index (χ0n) is 14.5. The van der Waals surface area contributed by atoms with E-state index in [1.54, 1.807) is 42.2 Å². The molecule has 2 aromatic rings. The van der Waals surface area contributed by atoms with Gasteiger partial charge in [-0.05, 0) is 43.3 Å². The third-order valence-electron chi connectivity index (χ3n) is 4.17. The van der Waals surface area contributed by atoms with E-state index in [0.29, 0.717) is 28.2 Å². The lowest BCUT2D eigenvalue weighted by Crippen LogP contribution is -2.53. The highest BCUT2D eigenvalue weighted by molar-refractivity contribution is 7.91. The monoisotopic (exact) mass is 448 g/mol. The Bertz CT molecular complexity index is 907. The molecule has 1 saturated heterocycles. The molecule has 1 fully saturated rings. The Hall–Kier alpha value is -1.32. The molecule has 0 radical (unpaired) electrons. The van der Waals surface area contributed by atoms with E-state index < -0.39 is 16.1 Å². The first kappa shape index (κ1) is 20.4. The van der Waals surface area contributed by atoms with Crippen LogP contribution >= 0.6 is 34.5 Å². The quantitative estimate of drug-likeness (QED) is 0.702. The molecule has 0 spiro atoms. The van der Waals surface area contributed by atoms with E-state index in [0.717, 1.165) is 11.3 Å². The van der Waals surface area contributed by atoms with E-state index in [1.807, 2.05) is 0 Å². The molecule has 1 aliphatic rings. The fourth-order valence-corrected chi connectivity index (χ4v) is 5.92. The van der Waals surface area contributed by atoms with Gasteiger partial charge in [0.15, 0.2) is 6.10 Å². The molecule has 1 aromatic carbocycles. The van der Waals surface area contributed by atoms with Gasteiger partial charge in [0.2, 0.25) is 0 Å². The van der Waals surface area contributed by atoms with Crippen LogP contribution in [0.15, 0.2) is 40.6 Å². The lowest BCUT2D eigenvalue weighted by molar-refractivity contribution is -0.139. The molecule has 0 bridgehead atoms. The predicted octanol–water partition coefficient (Wildman–Crippen LogP) is 3.36. The Kier molecular flexibility index (Phi) is 6.32. The van der Waals surface area contributed by atoms with Gasteiger partial charge in [-0.1, -0.05) is 23.2 Å². The second-order valence-electron chi connectivity index (χ2n) is 6.00. The summed E-state index contributed by atoms with van der Waals surface area (Å²) >= 11 is 12.7. The summed E-state index contributed by atoms with van der Waals surface area (Å²) in [5, 5.41) is 0.589. The van der Waals surface area contributed by atoms with Crippen LogP contribution in [0.5, 0.6) is 5.75 Å². The van der Waals surface area contributed by atoms with Gasteiger partial charge in [0.1, 0.15) is 9.96 Å². The van der Waals surface area contributed by atoms with Crippen LogP contribution in [0.1, 0.15) is 6.92 Å². The molecule has 1 aliphatic heterocycles. The number of carbonyl (C=O) groups excluding carboxylic acids is 1. The first-order valence-electron chi connectivity index (χ1n) is 8.24. The molecular formula is C17H18Cl2N2O4S2. The number of benzene rings is 1. The maximum absolute atomic E-state index is 12.6. The van der Waals surface area contributed by atoms with Crippen molar-refractivity contribution in [1.29, 1.82) is 0 Å². The summed E-state index contributed by atoms with van der Waals surface area (Å²) in [6.45, 7) is 2.76. The summed E-state index contributed by atoms with van der Waals surface area (Å²) in [7, 11) is -3.58. The van der Waals surface area contributed by atoms with Crippen LogP contribution in [0.25, 0.3) is 0 Å². The minimum absolute atomic E-state index is 0.179. The molecule has 146 valence electrons. The van der Waals surface area contributed by atoms with Gasteiger partial charge in [-0.2, -0.15) is 4.31 Å². The van der Waals surface area contributed by atoms with Crippen molar-refractivity contribution in [3.8, 4) is 5.75 Å². The molecule has 1 unspecified atom stereocenters. The third kappa shape index (κ3) is 4.75. The predicted molar refractivity (Wildman–Crippen MR) is 106 cm³/mol. The van der Waals surface area contributed by atoms with E-state index in [4.69, 9.17) is 27.9 Å². The Morgan fingerprint density at radius 2 is 1.70 bits per heavy atom. The molecule has 1 atom stereocenters. The molecule has 27 heavy (non-hydrogen) atoms. The van der Waals surface area contributed by atoms with E-state index in [2.05, 4.69) is 0 Å². The van der Waals surface area contributed by atoms with Crippen molar-refractivity contribution in [1.82, 2.24) is 9.21 Å². The van der Waals surface area contributed by atoms with Gasteiger partial charge >= 0.3 is 0 Å². The fourth-order valence-electron chi connectivity index (χ4n) is 2.74. The summed E-state index contributed by atoms with van der Waals surface area (Å²) in [4.78, 5) is 14.2. The fraction of sp³-hybridized carbons (Fsp3) is 0.353. The lowest BCUT2D eigenvalue weighted by Gasteiger charge is -2.34. The number of carbonyl (C=O) groups is 1. The number of ether oxygens (including phenoxy) is 1. The third-order valence-corrected chi connectivity index (χ3v) is 8.02. The maximum atomic E-state index is 12.6. The molecule has 0 N–H and O–H groups in total. The van der Waals surface area contributed by atoms with E-state index in [-0.39, 0.29) is 23.2 Å². The molecule has 1 aromatic heterocycles. The van der Waals surface area contributed by atoms with Gasteiger partial charge in [0.25, 0.3) is 15.9 Å². The highest BCUT2D eigenvalue weighted by Crippen LogP contribution is 2.28. The van der Waals surface area contributed by atoms with Gasteiger partial charge in [-0.3, -0.25) is 4.79 Å². The van der Waals surface area contributed by atoms with E-state index in [1.165, 1.54) is 10.4 Å². The Morgan fingerprint density at radius 3 is 2.26 bits per heavy atom. The number of rotatable bonds is 5. The molecule has 1 amide bonds. The first-order valence-corrected chi connectivity index (χ1v) is 11.2. The van der Waals surface area contributed by atoms with Gasteiger partial charge < -0.3 is 9.64 Å². The van der Waals surface area contributed by atoms with Gasteiger partial charge in [-0.25, -0.2) is 8.42 Å². The molecule has 0 aliphatic carbocycles. The standard InChI is InChI=1S/C17H18Cl2N2O4S2/c1-12(25-14-4-2-13(18)3-5-14)17(22)20-8-10-21(11-9-20)27(23,24)16-7-6-15(19)26-16/h2-7,12H,8-11H2,1H3. The summed E-state index contributed by atoms with van der Waals surface area (Å²) < 4.78 is 32.9. The average molecular weight is 449 g/mol. The zero-order valence-corrected chi connectivity index (χ0v) is 17.6. The molecule has 2 heterocycles. The number of nitrogens with zero attached hydrogens (tertiary/aromatic N) is 2. The smallest absolute Gasteiger partial charge is 0.263 e. The molecule has 3 rings (SSSR count). The Labute approximate surface area is 172 Å². The number of hydrogen-bond acceptors (Lipinski definition) is 5. The molecule has 10 heteroatoms. The summed E-state index contributed by atoms with van der Waals surface area (Å²) in [5.74, 6) is 0.372. The molecule has 6 nitrogen and oxygen atoms in total. The minimum atomic E-state index is -3.58. The highest BCUT2D eigenvalue weighted by Gasteiger charge is 2.32. The Balaban J connectivity index is 1.58. The SMILES string of the molecule is CC(Oc1ccc(Cl)cc1)C(=O)N1CCN(S(=O)(=O)c2ccc(Cl)s2)CC1. The number of hydrogen-bond donors (Lipinski definition) is 0. The summed E-state index contributed by atoms with van der Waals surface area (Å²) in [5.41, 5.74) is 0. The van der Waals surface area contributed by atoms with Crippen molar-refractivity contribution in [3.63, 3.8) is 0 Å². The average Bonchev–Trinajstić information content (AvgIpc) is 3.10. The second-order valence-corrected chi connectivity index (χ2v) is 10.3. The van der Waals surface area contributed by atoms with Crippen LogP contribution in [0.3, 0.4) is 0 Å². The largest absolute Gasteiger partial charge is 0.481 e. The highest BCUT2D eigenvalue weighted by atomic mass is 35.5. The first-order chi connectivity index (χ1) is 12.8. The van der Waals surface area contributed by atoms with Crippen LogP contribution in [0.4, 0.5) is 0 Å². The number of sulfonamides is 1. The van der Waals surface area contributed by atoms with Crippen LogP contribution in [0.2, 0.25) is 9.36 Å². The normalized spacial score (nSPS) is 16.9. The van der Waals surface area contributed by atoms with Crippen LogP contribution < -0.4 is 4.74 Å². The van der Waals surface area contributed by atoms with Crippen LogP contribution in [0, 0.1) is 0 Å². The minimum Gasteiger partial charge on any atom is -0.481 e. The Morgan fingerprint density at radius 1 is 1.07 bits per heavy atom. The molecular weight excluding hydrogens is 431 g/mol. The van der Waals surface area contributed by atoms with Crippen LogP contribution in [-0.2, 0) is 14.8 Å². The number of piperazine rings is 1. The summed E-state index contributed by atoms with van der Waals surface area (Å²) in [6, 6.07) is 9.84. The number of thiophene rings is 1. The van der Waals surface area contributed by atoms with Crippen molar-refractivity contribution in [2.45, 2.75) is 17.2 Å². The maximum Gasteiger partial charge on any atom is 0.263 e. The van der Waals surface area contributed by atoms with Gasteiger partial charge in [-0.15, -0.1) is 11.3 Å². The van der Waals surface area contributed by atoms with Crippen molar-refractivity contribution in [2.75, 3.05) is 26.2 Å². The van der Waals surface area contributed by atoms with E-state index >= 15 is 0 Å². The van der Waals surface area contributed by atoms with Gasteiger partial charge in [0, 0.05) is 31.2 Å². The summed E-state index contributed by atoms with van der Waals surface area (Å²) in [6.07, 6.45) is -0.676. The van der Waals surface area contributed by atoms with Crippen molar-refractivity contribution < 1.29 is 17.9 Å². The van der Waals surface area contributed by atoms with E-state index in [9.17, 15) is 13.2 Å². The van der Waals surface area contributed by atoms with Crippen molar-refractivity contribution in [3.05, 3.63) is 45.8 Å². The van der Waals surface area contributed by atoms with Crippen LogP contribution in [-0.4, -0.2) is 55.8 Å². The second kappa shape index (κ2) is 8.36. The topological polar surface area (TPSA) is 66.9 Å².